The number of aromatic hydroxyl groups is 1. The molecule has 2 rings (SSSR count). The second-order valence-corrected chi connectivity index (χ2v) is 7.00. The van der Waals surface area contributed by atoms with Gasteiger partial charge in [0.25, 0.3) is 0 Å². The first-order valence-corrected chi connectivity index (χ1v) is 7.81. The molecule has 1 aliphatic heterocycles. The van der Waals surface area contributed by atoms with E-state index in [1.165, 1.54) is 16.4 Å². The summed E-state index contributed by atoms with van der Waals surface area (Å²) < 4.78 is 26.7. The highest BCUT2D eigenvalue weighted by atomic mass is 32.2. The first kappa shape index (κ1) is 14.3. The number of likely N-dealkylation sites (N-methyl/N-ethyl adjacent to an activating group) is 1. The number of nitrogens with zero attached hydrogens (tertiary/aromatic N) is 2. The summed E-state index contributed by atoms with van der Waals surface area (Å²) in [6.07, 6.45) is 1.73. The maximum atomic E-state index is 12.6. The number of sulfonamides is 1. The van der Waals surface area contributed by atoms with Crippen molar-refractivity contribution in [2.45, 2.75) is 23.8 Å². The van der Waals surface area contributed by atoms with Crippen LogP contribution in [-0.2, 0) is 10.0 Å². The summed E-state index contributed by atoms with van der Waals surface area (Å²) in [5.74, 6) is -0.182. The van der Waals surface area contributed by atoms with Gasteiger partial charge in [-0.05, 0) is 39.1 Å². The van der Waals surface area contributed by atoms with Crippen LogP contribution in [0.1, 0.15) is 12.8 Å². The van der Waals surface area contributed by atoms with Crippen molar-refractivity contribution in [1.82, 2.24) is 9.21 Å². The van der Waals surface area contributed by atoms with Crippen LogP contribution in [-0.4, -0.2) is 56.0 Å². The molecule has 1 N–H and O–H groups in total. The average molecular weight is 284 g/mol. The van der Waals surface area contributed by atoms with Crippen molar-refractivity contribution in [3.63, 3.8) is 0 Å². The van der Waals surface area contributed by atoms with E-state index in [2.05, 4.69) is 0 Å². The molecule has 19 heavy (non-hydrogen) atoms. The van der Waals surface area contributed by atoms with E-state index in [0.29, 0.717) is 13.1 Å². The lowest BCUT2D eigenvalue weighted by atomic mass is 10.2. The third kappa shape index (κ3) is 2.91. The van der Waals surface area contributed by atoms with Gasteiger partial charge in [0.1, 0.15) is 10.6 Å². The Balaban J connectivity index is 2.32. The van der Waals surface area contributed by atoms with Gasteiger partial charge in [-0.15, -0.1) is 0 Å². The lowest BCUT2D eigenvalue weighted by molar-refractivity contribution is 0.290. The minimum Gasteiger partial charge on any atom is -0.507 e. The lowest BCUT2D eigenvalue weighted by Gasteiger charge is -2.26. The second-order valence-electron chi connectivity index (χ2n) is 5.14. The molecule has 0 spiro atoms. The van der Waals surface area contributed by atoms with E-state index >= 15 is 0 Å². The molecule has 0 aromatic heterocycles. The Hall–Kier alpha value is -1.11. The number of hydrogen-bond acceptors (Lipinski definition) is 4. The number of hydrogen-bond donors (Lipinski definition) is 1. The predicted molar refractivity (Wildman–Crippen MR) is 73.6 cm³/mol. The van der Waals surface area contributed by atoms with Crippen molar-refractivity contribution in [2.24, 2.45) is 0 Å². The molecule has 1 aromatic rings. The summed E-state index contributed by atoms with van der Waals surface area (Å²) in [6.45, 7) is 1.22. The summed E-state index contributed by atoms with van der Waals surface area (Å²) in [5.41, 5.74) is 0. The topological polar surface area (TPSA) is 60.9 Å². The van der Waals surface area contributed by atoms with Gasteiger partial charge < -0.3 is 10.0 Å². The van der Waals surface area contributed by atoms with Crippen LogP contribution in [0.25, 0.3) is 0 Å². The molecule has 0 saturated carbocycles. The molecule has 1 heterocycles. The highest BCUT2D eigenvalue weighted by Crippen LogP contribution is 2.30. The van der Waals surface area contributed by atoms with Crippen LogP contribution in [0.4, 0.5) is 0 Å². The summed E-state index contributed by atoms with van der Waals surface area (Å²) in [7, 11) is 0.260. The number of para-hydroxylation sites is 1. The molecule has 0 amide bonds. The van der Waals surface area contributed by atoms with E-state index in [1.807, 2.05) is 19.0 Å². The molecular weight excluding hydrogens is 264 g/mol. The number of benzene rings is 1. The molecule has 0 radical (unpaired) electrons. The van der Waals surface area contributed by atoms with E-state index in [4.69, 9.17) is 0 Å². The maximum absolute atomic E-state index is 12.6. The largest absolute Gasteiger partial charge is 0.507 e. The van der Waals surface area contributed by atoms with Gasteiger partial charge in [-0.25, -0.2) is 8.42 Å². The molecule has 1 saturated heterocycles. The number of rotatable bonds is 4. The van der Waals surface area contributed by atoms with Gasteiger partial charge >= 0.3 is 0 Å². The Morgan fingerprint density at radius 3 is 2.68 bits per heavy atom. The summed E-state index contributed by atoms with van der Waals surface area (Å²) in [5, 5.41) is 9.76. The molecule has 6 heteroatoms. The van der Waals surface area contributed by atoms with Gasteiger partial charge in [0.2, 0.25) is 10.0 Å². The number of phenols is 1. The molecule has 106 valence electrons. The van der Waals surface area contributed by atoms with Crippen LogP contribution in [0.2, 0.25) is 0 Å². The summed E-state index contributed by atoms with van der Waals surface area (Å²) in [6, 6.07) is 6.10. The molecule has 1 unspecified atom stereocenters. The third-order valence-corrected chi connectivity index (χ3v) is 5.35. The molecule has 0 bridgehead atoms. The Labute approximate surface area is 114 Å². The molecular formula is C13H20N2O3S. The summed E-state index contributed by atoms with van der Waals surface area (Å²) >= 11 is 0. The van der Waals surface area contributed by atoms with E-state index < -0.39 is 10.0 Å². The summed E-state index contributed by atoms with van der Waals surface area (Å²) in [4.78, 5) is 1.99. The fourth-order valence-corrected chi connectivity index (χ4v) is 4.30. The van der Waals surface area contributed by atoms with Crippen molar-refractivity contribution in [2.75, 3.05) is 27.2 Å². The lowest BCUT2D eigenvalue weighted by Crippen LogP contribution is -2.41. The van der Waals surface area contributed by atoms with Crippen LogP contribution in [0.5, 0.6) is 5.75 Å². The smallest absolute Gasteiger partial charge is 0.247 e. The van der Waals surface area contributed by atoms with Gasteiger partial charge in [0.05, 0.1) is 0 Å². The van der Waals surface area contributed by atoms with Crippen molar-refractivity contribution >= 4 is 10.0 Å². The predicted octanol–water partition coefficient (Wildman–Crippen LogP) is 1.11. The first-order chi connectivity index (χ1) is 8.93. The highest BCUT2D eigenvalue weighted by Gasteiger charge is 2.36. The van der Waals surface area contributed by atoms with Crippen LogP contribution < -0.4 is 0 Å². The molecule has 1 atom stereocenters. The minimum absolute atomic E-state index is 0.000608. The fraction of sp³-hybridized carbons (Fsp3) is 0.538. The SMILES string of the molecule is CN(C)CC1CCCN1S(=O)(=O)c1ccccc1O. The molecule has 0 aliphatic carbocycles. The zero-order valence-corrected chi connectivity index (χ0v) is 12.1. The average Bonchev–Trinajstić information content (AvgIpc) is 2.77. The van der Waals surface area contributed by atoms with Crippen molar-refractivity contribution in [1.29, 1.82) is 0 Å². The zero-order valence-electron chi connectivity index (χ0n) is 11.3. The van der Waals surface area contributed by atoms with Crippen LogP contribution in [0.3, 0.4) is 0 Å². The maximum Gasteiger partial charge on any atom is 0.247 e. The van der Waals surface area contributed by atoms with Crippen LogP contribution in [0.15, 0.2) is 29.2 Å². The standard InChI is InChI=1S/C13H20N2O3S/c1-14(2)10-11-6-5-9-15(11)19(17,18)13-8-4-3-7-12(13)16/h3-4,7-8,11,16H,5-6,9-10H2,1-2H3. The van der Waals surface area contributed by atoms with Gasteiger partial charge in [0.15, 0.2) is 0 Å². The molecule has 1 fully saturated rings. The van der Waals surface area contributed by atoms with E-state index in [9.17, 15) is 13.5 Å². The van der Waals surface area contributed by atoms with Gasteiger partial charge in [0, 0.05) is 19.1 Å². The highest BCUT2D eigenvalue weighted by molar-refractivity contribution is 7.89. The van der Waals surface area contributed by atoms with Crippen LogP contribution >= 0.6 is 0 Å². The molecule has 1 aromatic carbocycles. The Morgan fingerprint density at radius 2 is 2.05 bits per heavy atom. The van der Waals surface area contributed by atoms with Gasteiger partial charge in [-0.1, -0.05) is 12.1 Å². The Bertz CT molecular complexity index is 543. The van der Waals surface area contributed by atoms with Gasteiger partial charge in [-0.2, -0.15) is 4.31 Å². The monoisotopic (exact) mass is 284 g/mol. The van der Waals surface area contributed by atoms with E-state index in [1.54, 1.807) is 12.1 Å². The van der Waals surface area contributed by atoms with Gasteiger partial charge in [-0.3, -0.25) is 0 Å². The Morgan fingerprint density at radius 1 is 1.37 bits per heavy atom. The number of phenolic OH excluding ortho intramolecular Hbond substituents is 1. The van der Waals surface area contributed by atoms with Crippen LogP contribution in [0, 0.1) is 0 Å². The zero-order chi connectivity index (χ0) is 14.0. The van der Waals surface area contributed by atoms with E-state index in [-0.39, 0.29) is 16.7 Å². The quantitative estimate of drug-likeness (QED) is 0.899. The minimum atomic E-state index is -3.61. The Kier molecular flexibility index (Phi) is 4.13. The van der Waals surface area contributed by atoms with Crippen molar-refractivity contribution < 1.29 is 13.5 Å². The van der Waals surface area contributed by atoms with Crippen molar-refractivity contribution in [3.05, 3.63) is 24.3 Å². The first-order valence-electron chi connectivity index (χ1n) is 6.37. The second kappa shape index (κ2) is 5.48. The molecule has 5 nitrogen and oxygen atoms in total. The third-order valence-electron chi connectivity index (χ3n) is 3.35. The fourth-order valence-electron chi connectivity index (χ4n) is 2.53. The van der Waals surface area contributed by atoms with Crippen molar-refractivity contribution in [3.8, 4) is 5.75 Å². The normalized spacial score (nSPS) is 21.1. The molecule has 1 aliphatic rings. The van der Waals surface area contributed by atoms with E-state index in [0.717, 1.165) is 12.8 Å².